The Morgan fingerprint density at radius 3 is 2.43 bits per heavy atom. The maximum absolute atomic E-state index is 11.5. The van der Waals surface area contributed by atoms with Crippen LogP contribution in [0.4, 0.5) is 0 Å². The molecule has 2 atom stereocenters. The molecule has 0 bridgehead atoms. The molecule has 7 heteroatoms. The Bertz CT molecular complexity index is 331. The number of nitrogens with two attached hydrogens (primary N) is 1. The second kappa shape index (κ2) is 9.83. The molecule has 3 N–H and O–H groups in total. The van der Waals surface area contributed by atoms with Crippen molar-refractivity contribution in [2.24, 2.45) is 5.73 Å². The SMILES string of the molecule is CCOC(=O)C(=O)CCCC(OC(C)(C)OC)[C@H](O)CN. The Balaban J connectivity index is 4.37. The lowest BCUT2D eigenvalue weighted by Crippen LogP contribution is -2.42. The van der Waals surface area contributed by atoms with Crippen LogP contribution in [0.15, 0.2) is 0 Å². The molecule has 0 aromatic rings. The predicted molar refractivity (Wildman–Crippen MR) is 76.5 cm³/mol. The van der Waals surface area contributed by atoms with Crippen LogP contribution in [-0.4, -0.2) is 55.1 Å². The van der Waals surface area contributed by atoms with E-state index in [1.165, 1.54) is 7.11 Å². The molecule has 124 valence electrons. The maximum atomic E-state index is 11.5. The van der Waals surface area contributed by atoms with Crippen LogP contribution in [0, 0.1) is 0 Å². The molecular formula is C14H27NO6. The van der Waals surface area contributed by atoms with Crippen molar-refractivity contribution in [3.63, 3.8) is 0 Å². The predicted octanol–water partition coefficient (Wildman–Crippen LogP) is 0.376. The zero-order valence-corrected chi connectivity index (χ0v) is 13.3. The molecule has 0 aliphatic carbocycles. The van der Waals surface area contributed by atoms with Crippen molar-refractivity contribution in [1.29, 1.82) is 0 Å². The normalized spacial score (nSPS) is 14.6. The smallest absolute Gasteiger partial charge is 0.374 e. The summed E-state index contributed by atoms with van der Waals surface area (Å²) in [5.41, 5.74) is 5.44. The number of aliphatic hydroxyl groups excluding tert-OH is 1. The number of hydrogen-bond acceptors (Lipinski definition) is 7. The highest BCUT2D eigenvalue weighted by Gasteiger charge is 2.28. The summed E-state index contributed by atoms with van der Waals surface area (Å²) in [5, 5.41) is 9.85. The average molecular weight is 305 g/mol. The zero-order chi connectivity index (χ0) is 16.5. The van der Waals surface area contributed by atoms with Crippen molar-refractivity contribution in [2.75, 3.05) is 20.3 Å². The maximum Gasteiger partial charge on any atom is 0.374 e. The number of methoxy groups -OCH3 is 1. The summed E-state index contributed by atoms with van der Waals surface area (Å²) in [5.74, 6) is -2.28. The van der Waals surface area contributed by atoms with E-state index in [0.29, 0.717) is 12.8 Å². The Hall–Kier alpha value is -1.02. The molecular weight excluding hydrogens is 278 g/mol. The topological polar surface area (TPSA) is 108 Å². The zero-order valence-electron chi connectivity index (χ0n) is 13.3. The van der Waals surface area contributed by atoms with Gasteiger partial charge in [0.25, 0.3) is 0 Å². The van der Waals surface area contributed by atoms with E-state index in [1.54, 1.807) is 20.8 Å². The molecule has 7 nitrogen and oxygen atoms in total. The van der Waals surface area contributed by atoms with Gasteiger partial charge in [0.2, 0.25) is 5.78 Å². The Labute approximate surface area is 125 Å². The Morgan fingerprint density at radius 1 is 1.33 bits per heavy atom. The molecule has 0 radical (unpaired) electrons. The fourth-order valence-corrected chi connectivity index (χ4v) is 1.67. The van der Waals surface area contributed by atoms with Crippen LogP contribution in [0.25, 0.3) is 0 Å². The fraction of sp³-hybridized carbons (Fsp3) is 0.857. The number of aliphatic hydroxyl groups is 1. The molecule has 0 saturated carbocycles. The lowest BCUT2D eigenvalue weighted by Gasteiger charge is -2.31. The second-order valence-corrected chi connectivity index (χ2v) is 5.10. The van der Waals surface area contributed by atoms with Gasteiger partial charge in [-0.15, -0.1) is 0 Å². The van der Waals surface area contributed by atoms with Gasteiger partial charge in [-0.1, -0.05) is 0 Å². The quantitative estimate of drug-likeness (QED) is 0.322. The first-order valence-corrected chi connectivity index (χ1v) is 7.08. The monoisotopic (exact) mass is 305 g/mol. The van der Waals surface area contributed by atoms with E-state index in [0.717, 1.165) is 0 Å². The first kappa shape index (κ1) is 20.0. The van der Waals surface area contributed by atoms with Crippen molar-refractivity contribution in [3.05, 3.63) is 0 Å². The molecule has 0 aromatic carbocycles. The molecule has 0 aromatic heterocycles. The Morgan fingerprint density at radius 2 is 1.95 bits per heavy atom. The minimum absolute atomic E-state index is 0.0380. The van der Waals surface area contributed by atoms with Crippen molar-refractivity contribution in [2.45, 2.75) is 58.0 Å². The molecule has 0 fully saturated rings. The highest BCUT2D eigenvalue weighted by atomic mass is 16.7. The minimum atomic E-state index is -0.869. The van der Waals surface area contributed by atoms with E-state index in [-0.39, 0.29) is 19.6 Å². The van der Waals surface area contributed by atoms with Crippen LogP contribution in [0.5, 0.6) is 0 Å². The number of carbonyl (C=O) groups is 2. The van der Waals surface area contributed by atoms with Crippen LogP contribution in [0.3, 0.4) is 0 Å². The van der Waals surface area contributed by atoms with E-state index in [2.05, 4.69) is 4.74 Å². The van der Waals surface area contributed by atoms with Gasteiger partial charge in [-0.25, -0.2) is 4.79 Å². The highest BCUT2D eigenvalue weighted by Crippen LogP contribution is 2.19. The summed E-state index contributed by atoms with van der Waals surface area (Å²) in [6.45, 7) is 5.28. The first-order valence-electron chi connectivity index (χ1n) is 7.08. The van der Waals surface area contributed by atoms with Gasteiger partial charge in [0, 0.05) is 20.1 Å². The summed E-state index contributed by atoms with van der Waals surface area (Å²) in [6, 6.07) is 0. The second-order valence-electron chi connectivity index (χ2n) is 5.10. The van der Waals surface area contributed by atoms with Gasteiger partial charge >= 0.3 is 5.97 Å². The van der Waals surface area contributed by atoms with E-state index in [4.69, 9.17) is 15.2 Å². The van der Waals surface area contributed by atoms with Gasteiger partial charge < -0.3 is 25.1 Å². The standard InChI is InChI=1S/C14H27NO6/c1-5-20-13(18)10(16)7-6-8-12(11(17)9-15)21-14(2,3)19-4/h11-12,17H,5-9,15H2,1-4H3/t11-,12?/m1/s1. The number of carbonyl (C=O) groups excluding carboxylic acids is 2. The van der Waals surface area contributed by atoms with Gasteiger partial charge in [-0.05, 0) is 33.6 Å². The molecule has 0 amide bonds. The van der Waals surface area contributed by atoms with Crippen molar-refractivity contribution >= 4 is 11.8 Å². The largest absolute Gasteiger partial charge is 0.460 e. The number of Topliss-reactive ketones (excluding diaryl/α,β-unsaturated/α-hetero) is 1. The van der Waals surface area contributed by atoms with Crippen LogP contribution in [0.1, 0.15) is 40.0 Å². The molecule has 0 aliphatic rings. The number of hydrogen-bond donors (Lipinski definition) is 2. The van der Waals surface area contributed by atoms with Crippen molar-refractivity contribution in [3.8, 4) is 0 Å². The van der Waals surface area contributed by atoms with E-state index in [1.807, 2.05) is 0 Å². The fourth-order valence-electron chi connectivity index (χ4n) is 1.67. The number of esters is 1. The van der Waals surface area contributed by atoms with Gasteiger partial charge in [0.15, 0.2) is 5.79 Å². The Kier molecular flexibility index (Phi) is 9.36. The van der Waals surface area contributed by atoms with Crippen LogP contribution in [0.2, 0.25) is 0 Å². The van der Waals surface area contributed by atoms with Gasteiger partial charge in [0.05, 0.1) is 18.8 Å². The highest BCUT2D eigenvalue weighted by molar-refractivity contribution is 6.33. The van der Waals surface area contributed by atoms with E-state index in [9.17, 15) is 14.7 Å². The number of ketones is 1. The third kappa shape index (κ3) is 8.11. The van der Waals surface area contributed by atoms with Crippen LogP contribution < -0.4 is 5.73 Å². The van der Waals surface area contributed by atoms with Crippen molar-refractivity contribution < 1.29 is 28.9 Å². The molecule has 0 aliphatic heterocycles. The third-order valence-electron chi connectivity index (χ3n) is 2.99. The van der Waals surface area contributed by atoms with Crippen LogP contribution >= 0.6 is 0 Å². The van der Waals surface area contributed by atoms with Gasteiger partial charge in [-0.2, -0.15) is 0 Å². The molecule has 21 heavy (non-hydrogen) atoms. The number of ether oxygens (including phenoxy) is 3. The van der Waals surface area contributed by atoms with Gasteiger partial charge in [0.1, 0.15) is 0 Å². The average Bonchev–Trinajstić information content (AvgIpc) is 2.45. The third-order valence-corrected chi connectivity index (χ3v) is 2.99. The lowest BCUT2D eigenvalue weighted by atomic mass is 10.0. The number of rotatable bonds is 11. The van der Waals surface area contributed by atoms with Gasteiger partial charge in [-0.3, -0.25) is 4.79 Å². The first-order chi connectivity index (χ1) is 9.77. The molecule has 0 heterocycles. The van der Waals surface area contributed by atoms with E-state index < -0.39 is 29.7 Å². The summed E-state index contributed by atoms with van der Waals surface area (Å²) in [4.78, 5) is 22.7. The summed E-state index contributed by atoms with van der Waals surface area (Å²) in [6.07, 6.45) is -0.615. The molecule has 0 spiro atoms. The molecule has 0 saturated heterocycles. The summed E-state index contributed by atoms with van der Waals surface area (Å²) < 4.78 is 15.4. The summed E-state index contributed by atoms with van der Waals surface area (Å²) in [7, 11) is 1.50. The molecule has 0 rings (SSSR count). The van der Waals surface area contributed by atoms with Crippen LogP contribution in [-0.2, 0) is 23.8 Å². The minimum Gasteiger partial charge on any atom is -0.460 e. The molecule has 1 unspecified atom stereocenters. The summed E-state index contributed by atoms with van der Waals surface area (Å²) >= 11 is 0. The van der Waals surface area contributed by atoms with Crippen molar-refractivity contribution in [1.82, 2.24) is 0 Å². The lowest BCUT2D eigenvalue weighted by molar-refractivity contribution is -0.240. The van der Waals surface area contributed by atoms with E-state index >= 15 is 0 Å².